The van der Waals surface area contributed by atoms with Gasteiger partial charge >= 0.3 is 5.97 Å². The predicted molar refractivity (Wildman–Crippen MR) is 168 cm³/mol. The minimum absolute atomic E-state index is 0.0344. The molecule has 1 heterocycles. The van der Waals surface area contributed by atoms with Crippen molar-refractivity contribution in [1.29, 1.82) is 0 Å². The van der Waals surface area contributed by atoms with Gasteiger partial charge in [-0.2, -0.15) is 0 Å². The van der Waals surface area contributed by atoms with Crippen molar-refractivity contribution in [2.45, 2.75) is 119 Å². The highest BCUT2D eigenvalue weighted by molar-refractivity contribution is 5.96. The molecular formula is C37H52N2O4. The van der Waals surface area contributed by atoms with Crippen molar-refractivity contribution >= 4 is 23.5 Å². The minimum Gasteiger partial charge on any atom is -0.462 e. The number of pyridine rings is 1. The van der Waals surface area contributed by atoms with Crippen LogP contribution in [0.2, 0.25) is 0 Å². The molecule has 6 heteroatoms. The van der Waals surface area contributed by atoms with Crippen molar-refractivity contribution in [3.05, 3.63) is 36.0 Å². The minimum atomic E-state index is -0.523. The van der Waals surface area contributed by atoms with Crippen LogP contribution >= 0.6 is 0 Å². The molecule has 0 radical (unpaired) electrons. The molecule has 0 aromatic carbocycles. The molecule has 4 saturated carbocycles. The summed E-state index contributed by atoms with van der Waals surface area (Å²) in [6, 6.07) is 5.59. The van der Waals surface area contributed by atoms with E-state index in [4.69, 9.17) is 4.74 Å². The van der Waals surface area contributed by atoms with E-state index in [9.17, 15) is 14.4 Å². The Morgan fingerprint density at radius 1 is 0.930 bits per heavy atom. The maximum atomic E-state index is 14.6. The Balaban J connectivity index is 1.36. The van der Waals surface area contributed by atoms with Gasteiger partial charge in [0.25, 0.3) is 0 Å². The lowest BCUT2D eigenvalue weighted by Gasteiger charge is -2.70. The highest BCUT2D eigenvalue weighted by Crippen LogP contribution is 2.75. The molecule has 0 bridgehead atoms. The average molecular weight is 589 g/mol. The van der Waals surface area contributed by atoms with Crippen molar-refractivity contribution in [3.63, 3.8) is 0 Å². The van der Waals surface area contributed by atoms with E-state index in [1.54, 1.807) is 6.20 Å². The Morgan fingerprint density at radius 3 is 2.33 bits per heavy atom. The van der Waals surface area contributed by atoms with Crippen molar-refractivity contribution < 1.29 is 19.1 Å². The summed E-state index contributed by atoms with van der Waals surface area (Å²) in [6.07, 6.45) is 12.2. The first-order valence-corrected chi connectivity index (χ1v) is 16.7. The molecule has 234 valence electrons. The van der Waals surface area contributed by atoms with Crippen molar-refractivity contribution in [2.75, 3.05) is 5.32 Å². The predicted octanol–water partition coefficient (Wildman–Crippen LogP) is 7.93. The first-order valence-electron chi connectivity index (χ1n) is 16.7. The number of aromatic nitrogens is 1. The second kappa shape index (κ2) is 9.75. The van der Waals surface area contributed by atoms with Gasteiger partial charge in [-0.15, -0.1) is 0 Å². The summed E-state index contributed by atoms with van der Waals surface area (Å²) < 4.78 is 5.87. The number of ether oxygens (including phenoxy) is 1. The van der Waals surface area contributed by atoms with Gasteiger partial charge in [0.05, 0.1) is 0 Å². The molecule has 9 atom stereocenters. The Hall–Kier alpha value is -2.50. The zero-order valence-corrected chi connectivity index (χ0v) is 27.6. The lowest BCUT2D eigenvalue weighted by molar-refractivity contribution is -0.210. The van der Waals surface area contributed by atoms with Crippen LogP contribution in [0, 0.1) is 50.2 Å². The number of nitrogens with one attached hydrogen (secondary N) is 1. The first-order chi connectivity index (χ1) is 20.0. The Bertz CT molecular complexity index is 1370. The first kappa shape index (κ1) is 30.5. The molecule has 0 saturated heterocycles. The summed E-state index contributed by atoms with van der Waals surface area (Å²) >= 11 is 0. The van der Waals surface area contributed by atoms with Crippen LogP contribution < -0.4 is 5.32 Å². The lowest BCUT2D eigenvalue weighted by atomic mass is 9.33. The van der Waals surface area contributed by atoms with Gasteiger partial charge in [-0.25, -0.2) is 4.98 Å². The van der Waals surface area contributed by atoms with Crippen LogP contribution in [0.25, 0.3) is 0 Å². The maximum Gasteiger partial charge on any atom is 0.302 e. The van der Waals surface area contributed by atoms with Gasteiger partial charge in [-0.05, 0) is 109 Å². The van der Waals surface area contributed by atoms with E-state index in [2.05, 4.69) is 64.8 Å². The third kappa shape index (κ3) is 4.31. The molecule has 1 aromatic heterocycles. The third-order valence-electron chi connectivity index (χ3n) is 14.3. The van der Waals surface area contributed by atoms with E-state index in [0.29, 0.717) is 17.5 Å². The number of allylic oxidation sites excluding steroid dienone is 2. The number of ketones is 1. The average Bonchev–Trinajstić information content (AvgIpc) is 2.93. The van der Waals surface area contributed by atoms with E-state index in [1.807, 2.05) is 18.2 Å². The number of esters is 1. The fourth-order valence-corrected chi connectivity index (χ4v) is 11.5. The van der Waals surface area contributed by atoms with Crippen LogP contribution in [-0.2, 0) is 19.1 Å². The number of carbonyl (C=O) groups is 3. The zero-order chi connectivity index (χ0) is 31.2. The molecule has 5 aliphatic carbocycles. The molecule has 4 fully saturated rings. The fourth-order valence-electron chi connectivity index (χ4n) is 11.5. The normalized spacial score (nSPS) is 44.9. The lowest BCUT2D eigenvalue weighted by Crippen LogP contribution is -2.66. The Morgan fingerprint density at radius 2 is 1.65 bits per heavy atom. The highest BCUT2D eigenvalue weighted by atomic mass is 16.5. The van der Waals surface area contributed by atoms with Crippen LogP contribution in [0.5, 0.6) is 0 Å². The number of hydrogen-bond acceptors (Lipinski definition) is 5. The monoisotopic (exact) mass is 588 g/mol. The highest BCUT2D eigenvalue weighted by Gasteiger charge is 2.70. The van der Waals surface area contributed by atoms with Gasteiger partial charge in [0, 0.05) is 29.9 Å². The van der Waals surface area contributed by atoms with E-state index >= 15 is 0 Å². The molecule has 43 heavy (non-hydrogen) atoms. The largest absolute Gasteiger partial charge is 0.462 e. The van der Waals surface area contributed by atoms with Crippen molar-refractivity contribution in [3.8, 4) is 0 Å². The van der Waals surface area contributed by atoms with Crippen LogP contribution in [0.4, 0.5) is 5.82 Å². The number of rotatable bonds is 3. The van der Waals surface area contributed by atoms with E-state index < -0.39 is 5.41 Å². The van der Waals surface area contributed by atoms with Gasteiger partial charge < -0.3 is 10.1 Å². The molecule has 0 spiro atoms. The van der Waals surface area contributed by atoms with E-state index in [1.165, 1.54) is 12.5 Å². The number of nitrogens with zero attached hydrogens (tertiary/aromatic N) is 1. The van der Waals surface area contributed by atoms with Gasteiger partial charge in [-0.1, -0.05) is 60.1 Å². The van der Waals surface area contributed by atoms with Gasteiger partial charge in [0.1, 0.15) is 11.9 Å². The van der Waals surface area contributed by atoms with Crippen LogP contribution in [0.1, 0.15) is 113 Å². The fraction of sp³-hybridized carbons (Fsp3) is 0.730. The Kier molecular flexibility index (Phi) is 6.92. The summed E-state index contributed by atoms with van der Waals surface area (Å²) in [7, 11) is 0. The maximum absolute atomic E-state index is 14.6. The molecule has 0 aliphatic heterocycles. The number of anilines is 1. The summed E-state index contributed by atoms with van der Waals surface area (Å²) in [5.74, 6) is 1.15. The van der Waals surface area contributed by atoms with Crippen LogP contribution in [0.3, 0.4) is 0 Å². The SMILES string of the molecule is CC(=O)O[C@H]1CC[C@]2(C)[C@H](CC[C@]3(C)[C@@H]2C(=O)C=C2[C@H]4C[C@@](C)(C(=O)Nc5ccccn5)CC[C@]4(C)CC[C@@]23C)C1(C)C. The zero-order valence-electron chi connectivity index (χ0n) is 27.6. The molecule has 1 aromatic rings. The number of carbonyl (C=O) groups excluding carboxylic acids is 3. The smallest absolute Gasteiger partial charge is 0.302 e. The molecule has 0 unspecified atom stereocenters. The summed E-state index contributed by atoms with van der Waals surface area (Å²) in [5.41, 5.74) is 0.277. The standard InChI is InChI=1S/C37H52N2O4/c1-23(40)43-28-13-14-35(6)27(32(28,2)3)12-15-37(8)30(35)26(41)21-24-25-22-34(5,31(42)39-29-11-9-10-20-38-29)17-16-33(25,4)18-19-36(24,37)7/h9-11,20-21,25,27-28,30H,12-19,22H2,1-8H3,(H,38,39,42)/t25-,27-,28+,30-,33-,34+,35-,36+,37-/m1/s1. The number of amides is 1. The molecule has 5 aliphatic rings. The molecule has 6 rings (SSSR count). The summed E-state index contributed by atoms with van der Waals surface area (Å²) in [4.78, 5) is 44.7. The quantitative estimate of drug-likeness (QED) is 0.363. The molecular weight excluding hydrogens is 536 g/mol. The number of hydrogen-bond donors (Lipinski definition) is 1. The van der Waals surface area contributed by atoms with Crippen LogP contribution in [-0.4, -0.2) is 28.7 Å². The molecule has 1 N–H and O–H groups in total. The topological polar surface area (TPSA) is 85.4 Å². The summed E-state index contributed by atoms with van der Waals surface area (Å²) in [5, 5.41) is 3.09. The van der Waals surface area contributed by atoms with Gasteiger partial charge in [0.2, 0.25) is 5.91 Å². The van der Waals surface area contributed by atoms with Crippen LogP contribution in [0.15, 0.2) is 36.0 Å². The second-order valence-corrected chi connectivity index (χ2v) is 16.9. The van der Waals surface area contributed by atoms with E-state index in [-0.39, 0.29) is 56.9 Å². The van der Waals surface area contributed by atoms with Gasteiger partial charge in [0.15, 0.2) is 5.78 Å². The molecule has 6 nitrogen and oxygen atoms in total. The third-order valence-corrected chi connectivity index (χ3v) is 14.3. The second-order valence-electron chi connectivity index (χ2n) is 16.9. The number of fused-ring (bicyclic) bond motifs is 7. The summed E-state index contributed by atoms with van der Waals surface area (Å²) in [6.45, 7) is 17.8. The van der Waals surface area contributed by atoms with Crippen molar-refractivity contribution in [2.24, 2.45) is 50.2 Å². The van der Waals surface area contributed by atoms with Gasteiger partial charge in [-0.3, -0.25) is 14.4 Å². The Labute approximate surface area is 258 Å². The molecule has 1 amide bonds. The van der Waals surface area contributed by atoms with Crippen molar-refractivity contribution in [1.82, 2.24) is 4.98 Å². The van der Waals surface area contributed by atoms with E-state index in [0.717, 1.165) is 57.8 Å².